The highest BCUT2D eigenvalue weighted by molar-refractivity contribution is 7.09. The molecule has 1 aliphatic heterocycles. The van der Waals surface area contributed by atoms with E-state index >= 15 is 0 Å². The van der Waals surface area contributed by atoms with Gasteiger partial charge in [-0.25, -0.2) is 0 Å². The van der Waals surface area contributed by atoms with Crippen molar-refractivity contribution in [1.29, 1.82) is 0 Å². The average molecular weight is 333 g/mol. The molecule has 3 rings (SSSR count). The van der Waals surface area contributed by atoms with Gasteiger partial charge < -0.3 is 14.6 Å². The average Bonchev–Trinajstić information content (AvgIpc) is 3.25. The Hall–Kier alpha value is -1.56. The molecule has 1 atom stereocenters. The number of aliphatic hydroxyl groups is 1. The lowest BCUT2D eigenvalue weighted by molar-refractivity contribution is 0.220. The van der Waals surface area contributed by atoms with Gasteiger partial charge in [-0.3, -0.25) is 4.90 Å². The molecule has 2 aromatic rings. The fourth-order valence-corrected chi connectivity index (χ4v) is 3.55. The maximum absolute atomic E-state index is 9.24. The summed E-state index contributed by atoms with van der Waals surface area (Å²) >= 11 is 1.69. The van der Waals surface area contributed by atoms with E-state index in [2.05, 4.69) is 28.5 Å². The van der Waals surface area contributed by atoms with Crippen LogP contribution in [0.3, 0.4) is 0 Å². The van der Waals surface area contributed by atoms with Gasteiger partial charge in [0.1, 0.15) is 6.61 Å². The quantitative estimate of drug-likeness (QED) is 0.845. The van der Waals surface area contributed by atoms with E-state index < -0.39 is 0 Å². The van der Waals surface area contributed by atoms with Gasteiger partial charge in [-0.15, -0.1) is 11.3 Å². The maximum atomic E-state index is 9.24. The lowest BCUT2D eigenvalue weighted by atomic mass is 10.1. The van der Waals surface area contributed by atoms with Gasteiger partial charge in [-0.1, -0.05) is 12.1 Å². The minimum Gasteiger partial charge on any atom is -0.493 e. The van der Waals surface area contributed by atoms with E-state index in [1.54, 1.807) is 18.4 Å². The summed E-state index contributed by atoms with van der Waals surface area (Å²) in [6.45, 7) is 3.75. The molecule has 0 radical (unpaired) electrons. The second-order valence-corrected chi connectivity index (χ2v) is 6.96. The smallest absolute Gasteiger partial charge is 0.161 e. The van der Waals surface area contributed by atoms with Gasteiger partial charge in [-0.2, -0.15) is 0 Å². The Morgan fingerprint density at radius 1 is 1.30 bits per heavy atom. The van der Waals surface area contributed by atoms with Crippen molar-refractivity contribution in [2.75, 3.05) is 26.8 Å². The molecular weight excluding hydrogens is 310 g/mol. The van der Waals surface area contributed by atoms with E-state index in [0.29, 0.717) is 12.5 Å². The fraction of sp³-hybridized carbons (Fsp3) is 0.444. The molecule has 1 aromatic carbocycles. The van der Waals surface area contributed by atoms with Crippen molar-refractivity contribution >= 4 is 11.3 Å². The Morgan fingerprint density at radius 2 is 2.22 bits per heavy atom. The van der Waals surface area contributed by atoms with Crippen molar-refractivity contribution in [3.63, 3.8) is 0 Å². The molecule has 1 saturated heterocycles. The van der Waals surface area contributed by atoms with Crippen molar-refractivity contribution in [3.8, 4) is 11.5 Å². The summed E-state index contributed by atoms with van der Waals surface area (Å²) in [5.74, 6) is 1.97. The molecule has 0 aliphatic carbocycles. The lowest BCUT2D eigenvalue weighted by Crippen LogP contribution is -2.21. The summed E-state index contributed by atoms with van der Waals surface area (Å²) in [4.78, 5) is 3.57. The first-order chi connectivity index (χ1) is 11.3. The third-order valence-electron chi connectivity index (χ3n) is 4.21. The van der Waals surface area contributed by atoms with E-state index in [-0.39, 0.29) is 6.61 Å². The molecule has 0 spiro atoms. The predicted molar refractivity (Wildman–Crippen MR) is 92.1 cm³/mol. The Kier molecular flexibility index (Phi) is 5.54. The molecule has 23 heavy (non-hydrogen) atoms. The molecular formula is C18H23NO3S. The zero-order valence-corrected chi connectivity index (χ0v) is 14.2. The predicted octanol–water partition coefficient (Wildman–Crippen LogP) is 3.15. The van der Waals surface area contributed by atoms with Crippen LogP contribution in [0.4, 0.5) is 0 Å². The first-order valence-electron chi connectivity index (χ1n) is 7.94. The van der Waals surface area contributed by atoms with Crippen LogP contribution in [-0.2, 0) is 13.2 Å². The summed E-state index contributed by atoms with van der Waals surface area (Å²) in [7, 11) is 1.68. The van der Waals surface area contributed by atoms with Gasteiger partial charge in [0.05, 0.1) is 7.11 Å². The molecule has 1 aliphatic rings. The van der Waals surface area contributed by atoms with Gasteiger partial charge in [0.15, 0.2) is 11.5 Å². The molecule has 124 valence electrons. The first kappa shape index (κ1) is 16.3. The van der Waals surface area contributed by atoms with Crippen molar-refractivity contribution in [2.45, 2.75) is 19.6 Å². The molecule has 2 heterocycles. The molecule has 1 aromatic heterocycles. The molecule has 4 nitrogen and oxygen atoms in total. The lowest BCUT2D eigenvalue weighted by Gasteiger charge is -2.17. The number of nitrogens with zero attached hydrogens (tertiary/aromatic N) is 1. The third kappa shape index (κ3) is 4.25. The maximum Gasteiger partial charge on any atom is 0.161 e. The molecule has 0 bridgehead atoms. The van der Waals surface area contributed by atoms with E-state index in [0.717, 1.165) is 37.6 Å². The van der Waals surface area contributed by atoms with Crippen LogP contribution in [0.15, 0.2) is 35.7 Å². The number of hydrogen-bond acceptors (Lipinski definition) is 5. The number of ether oxygens (including phenoxy) is 2. The van der Waals surface area contributed by atoms with Crippen molar-refractivity contribution in [2.24, 2.45) is 5.92 Å². The van der Waals surface area contributed by atoms with Gasteiger partial charge in [-0.05, 0) is 48.0 Å². The second-order valence-electron chi connectivity index (χ2n) is 5.93. The standard InChI is InChI=1S/C18H23NO3S/c1-21-18-9-14(10-19-7-6-15(11-19)12-20)4-5-17(18)22-13-16-3-2-8-23-16/h2-5,8-9,15,20H,6-7,10-13H2,1H3. The number of likely N-dealkylation sites (tertiary alicyclic amines) is 1. The number of aliphatic hydroxyl groups excluding tert-OH is 1. The SMILES string of the molecule is COc1cc(CN2CCC(CO)C2)ccc1OCc1cccs1. The van der Waals surface area contributed by atoms with E-state index in [4.69, 9.17) is 9.47 Å². The van der Waals surface area contributed by atoms with Gasteiger partial charge in [0, 0.05) is 24.6 Å². The molecule has 0 amide bonds. The highest BCUT2D eigenvalue weighted by atomic mass is 32.1. The first-order valence-corrected chi connectivity index (χ1v) is 8.81. The van der Waals surface area contributed by atoms with Crippen LogP contribution in [0.2, 0.25) is 0 Å². The molecule has 0 saturated carbocycles. The van der Waals surface area contributed by atoms with Crippen LogP contribution in [0, 0.1) is 5.92 Å². The number of methoxy groups -OCH3 is 1. The number of rotatable bonds is 7. The Labute approximate surface area is 141 Å². The summed E-state index contributed by atoms with van der Waals surface area (Å²) in [6.07, 6.45) is 1.08. The summed E-state index contributed by atoms with van der Waals surface area (Å²) in [6, 6.07) is 10.2. The van der Waals surface area contributed by atoms with Crippen molar-refractivity contribution in [1.82, 2.24) is 4.90 Å². The number of hydrogen-bond donors (Lipinski definition) is 1. The van der Waals surface area contributed by atoms with Crippen LogP contribution in [0.1, 0.15) is 16.9 Å². The molecule has 5 heteroatoms. The summed E-state index contributed by atoms with van der Waals surface area (Å²) in [5, 5.41) is 11.3. The van der Waals surface area contributed by atoms with E-state index in [1.807, 2.05) is 12.1 Å². The van der Waals surface area contributed by atoms with Crippen LogP contribution < -0.4 is 9.47 Å². The minimum absolute atomic E-state index is 0.287. The molecule has 1 fully saturated rings. The van der Waals surface area contributed by atoms with Crippen LogP contribution >= 0.6 is 11.3 Å². The molecule has 1 N–H and O–H groups in total. The monoisotopic (exact) mass is 333 g/mol. The van der Waals surface area contributed by atoms with Crippen molar-refractivity contribution in [3.05, 3.63) is 46.2 Å². The number of benzene rings is 1. The Morgan fingerprint density at radius 3 is 2.91 bits per heavy atom. The van der Waals surface area contributed by atoms with Gasteiger partial charge in [0.2, 0.25) is 0 Å². The Bertz CT molecular complexity index is 615. The van der Waals surface area contributed by atoms with Crippen LogP contribution in [0.25, 0.3) is 0 Å². The highest BCUT2D eigenvalue weighted by Crippen LogP contribution is 2.30. The van der Waals surface area contributed by atoms with Crippen LogP contribution in [0.5, 0.6) is 11.5 Å². The van der Waals surface area contributed by atoms with Crippen LogP contribution in [-0.4, -0.2) is 36.8 Å². The van der Waals surface area contributed by atoms with Gasteiger partial charge in [0.25, 0.3) is 0 Å². The van der Waals surface area contributed by atoms with Gasteiger partial charge >= 0.3 is 0 Å². The van der Waals surface area contributed by atoms with Crippen molar-refractivity contribution < 1.29 is 14.6 Å². The fourth-order valence-electron chi connectivity index (χ4n) is 2.94. The topological polar surface area (TPSA) is 41.9 Å². The Balaban J connectivity index is 1.62. The molecule has 1 unspecified atom stereocenters. The summed E-state index contributed by atoms with van der Waals surface area (Å²) < 4.78 is 11.4. The second kappa shape index (κ2) is 7.81. The third-order valence-corrected chi connectivity index (χ3v) is 5.06. The zero-order valence-electron chi connectivity index (χ0n) is 13.4. The normalized spacial score (nSPS) is 18.3. The largest absolute Gasteiger partial charge is 0.493 e. The number of thiophene rings is 1. The highest BCUT2D eigenvalue weighted by Gasteiger charge is 2.21. The van der Waals surface area contributed by atoms with E-state index in [9.17, 15) is 5.11 Å². The van der Waals surface area contributed by atoms with E-state index in [1.165, 1.54) is 10.4 Å². The minimum atomic E-state index is 0.287. The zero-order chi connectivity index (χ0) is 16.1. The summed E-state index contributed by atoms with van der Waals surface area (Å²) in [5.41, 5.74) is 1.21.